The number of aromatic nitrogens is 3. The quantitative estimate of drug-likeness (QED) is 0.161. The van der Waals surface area contributed by atoms with Gasteiger partial charge < -0.3 is 0 Å². The van der Waals surface area contributed by atoms with Crippen LogP contribution in [0.4, 0.5) is 0 Å². The van der Waals surface area contributed by atoms with E-state index in [-0.39, 0.29) is 0 Å². The Bertz CT molecular complexity index is 3600. The molecule has 0 unspecified atom stereocenters. The minimum atomic E-state index is 0.645. The summed E-state index contributed by atoms with van der Waals surface area (Å²) in [4.78, 5) is 15.9. The smallest absolute Gasteiger partial charge is 0.165 e. The maximum Gasteiger partial charge on any atom is 0.165 e. The second-order valence-corrected chi connectivity index (χ2v) is 17.7. The second-order valence-electron chi connectivity index (χ2n) is 15.6. The molecular formula is C57H35N3S2. The molecule has 290 valence electrons. The second kappa shape index (κ2) is 15.2. The van der Waals surface area contributed by atoms with Crippen LogP contribution < -0.4 is 0 Å². The van der Waals surface area contributed by atoms with Gasteiger partial charge in [0.05, 0.1) is 0 Å². The van der Waals surface area contributed by atoms with E-state index in [1.165, 1.54) is 69.0 Å². The number of benzene rings is 9. The molecule has 0 amide bonds. The predicted octanol–water partition coefficient (Wildman–Crippen LogP) is 16.3. The molecule has 3 aromatic heterocycles. The highest BCUT2D eigenvalue weighted by atomic mass is 32.1. The normalized spacial score (nSPS) is 11.5. The van der Waals surface area contributed by atoms with Crippen molar-refractivity contribution in [2.75, 3.05) is 0 Å². The van der Waals surface area contributed by atoms with Gasteiger partial charge in [0.2, 0.25) is 0 Å². The molecule has 3 heterocycles. The first-order valence-electron chi connectivity index (χ1n) is 20.7. The monoisotopic (exact) mass is 825 g/mol. The molecule has 12 rings (SSSR count). The summed E-state index contributed by atoms with van der Waals surface area (Å²) in [6, 6.07) is 75.8. The van der Waals surface area contributed by atoms with Crippen LogP contribution in [0.3, 0.4) is 0 Å². The van der Waals surface area contributed by atoms with Crippen LogP contribution in [-0.2, 0) is 0 Å². The van der Waals surface area contributed by atoms with Crippen molar-refractivity contribution >= 4 is 63.0 Å². The topological polar surface area (TPSA) is 38.7 Å². The minimum absolute atomic E-state index is 0.645. The van der Waals surface area contributed by atoms with Crippen LogP contribution in [0.2, 0.25) is 0 Å². The SMILES string of the molecule is c1ccc(-c2ccc(-c3cc(-c4nc(-c5ccccc5)nc(-c5ccc6sc7ccccc7c6c5)n4)c4sc5c(-c6ccc(-c7ccccc7)cc6)cccc5c4c3)cc2)cc1. The molecule has 0 aliphatic carbocycles. The molecule has 0 spiro atoms. The molecule has 0 saturated carbocycles. The molecule has 0 N–H and O–H groups in total. The third-order valence-electron chi connectivity index (χ3n) is 11.8. The zero-order chi connectivity index (χ0) is 41.0. The lowest BCUT2D eigenvalue weighted by Gasteiger charge is -2.12. The Morgan fingerprint density at radius 1 is 0.242 bits per heavy atom. The summed E-state index contributed by atoms with van der Waals surface area (Å²) in [5.74, 6) is 1.95. The van der Waals surface area contributed by atoms with Crippen molar-refractivity contribution in [1.82, 2.24) is 15.0 Å². The minimum Gasteiger partial charge on any atom is -0.208 e. The van der Waals surface area contributed by atoms with Crippen molar-refractivity contribution < 1.29 is 0 Å². The summed E-state index contributed by atoms with van der Waals surface area (Å²) in [5, 5.41) is 4.85. The summed E-state index contributed by atoms with van der Waals surface area (Å²) in [5.41, 5.74) is 12.3. The van der Waals surface area contributed by atoms with Gasteiger partial charge in [-0.1, -0.05) is 176 Å². The van der Waals surface area contributed by atoms with Gasteiger partial charge in [0, 0.05) is 57.0 Å². The lowest BCUT2D eigenvalue weighted by molar-refractivity contribution is 1.08. The first kappa shape index (κ1) is 36.3. The van der Waals surface area contributed by atoms with Gasteiger partial charge in [-0.15, -0.1) is 22.7 Å². The van der Waals surface area contributed by atoms with Gasteiger partial charge in [0.25, 0.3) is 0 Å². The lowest BCUT2D eigenvalue weighted by atomic mass is 9.96. The summed E-state index contributed by atoms with van der Waals surface area (Å²) in [6.45, 7) is 0. The van der Waals surface area contributed by atoms with E-state index in [2.05, 4.69) is 194 Å². The molecule has 12 aromatic rings. The Hall–Kier alpha value is -7.57. The van der Waals surface area contributed by atoms with Crippen molar-refractivity contribution in [1.29, 1.82) is 0 Å². The van der Waals surface area contributed by atoms with E-state index >= 15 is 0 Å². The van der Waals surface area contributed by atoms with E-state index in [9.17, 15) is 0 Å². The van der Waals surface area contributed by atoms with E-state index < -0.39 is 0 Å². The van der Waals surface area contributed by atoms with Crippen LogP contribution in [-0.4, -0.2) is 15.0 Å². The fraction of sp³-hybridized carbons (Fsp3) is 0. The van der Waals surface area contributed by atoms with Gasteiger partial charge in [-0.3, -0.25) is 0 Å². The Morgan fingerprint density at radius 3 is 1.39 bits per heavy atom. The fourth-order valence-corrected chi connectivity index (χ4v) is 11.0. The number of thiophene rings is 2. The summed E-state index contributed by atoms with van der Waals surface area (Å²) in [7, 11) is 0. The summed E-state index contributed by atoms with van der Waals surface area (Å²) >= 11 is 3.63. The van der Waals surface area contributed by atoms with Crippen molar-refractivity contribution in [2.45, 2.75) is 0 Å². The van der Waals surface area contributed by atoms with E-state index in [0.717, 1.165) is 32.5 Å². The maximum atomic E-state index is 5.39. The molecule has 3 nitrogen and oxygen atoms in total. The first-order chi connectivity index (χ1) is 30.7. The zero-order valence-electron chi connectivity index (χ0n) is 33.4. The van der Waals surface area contributed by atoms with Gasteiger partial charge in [-0.05, 0) is 80.9 Å². The van der Waals surface area contributed by atoms with Crippen LogP contribution in [0.15, 0.2) is 212 Å². The molecule has 0 aliphatic rings. The van der Waals surface area contributed by atoms with Crippen LogP contribution in [0.1, 0.15) is 0 Å². The van der Waals surface area contributed by atoms with Crippen molar-refractivity contribution in [2.24, 2.45) is 0 Å². The van der Waals surface area contributed by atoms with Gasteiger partial charge in [0.15, 0.2) is 17.5 Å². The maximum absolute atomic E-state index is 5.39. The molecule has 62 heavy (non-hydrogen) atoms. The predicted molar refractivity (Wildman–Crippen MR) is 264 cm³/mol. The highest BCUT2D eigenvalue weighted by Crippen LogP contribution is 2.46. The van der Waals surface area contributed by atoms with Crippen LogP contribution in [0.5, 0.6) is 0 Å². The Morgan fingerprint density at radius 2 is 0.710 bits per heavy atom. The van der Waals surface area contributed by atoms with Crippen LogP contribution in [0.25, 0.3) is 119 Å². The number of fused-ring (bicyclic) bond motifs is 6. The average molecular weight is 826 g/mol. The Labute approximate surface area is 366 Å². The van der Waals surface area contributed by atoms with E-state index in [1.54, 1.807) is 0 Å². The number of rotatable bonds is 7. The third-order valence-corrected chi connectivity index (χ3v) is 14.2. The molecule has 0 fully saturated rings. The summed E-state index contributed by atoms with van der Waals surface area (Å²) < 4.78 is 4.90. The standard InChI is InChI=1S/C57H35N3S2/c1-4-13-36(14-5-1)38-23-25-40(26-24-38)44-34-49-47-21-12-20-45(41-29-27-39(28-30-41)37-15-6-2-7-16-37)53(47)62-54(49)50(35-44)57-59-55(42-17-8-3-9-18-42)58-56(60-57)43-31-32-52-48(33-43)46-19-10-11-22-51(46)61-52/h1-35H. The van der Waals surface area contributed by atoms with Crippen LogP contribution in [0, 0.1) is 0 Å². The highest BCUT2D eigenvalue weighted by Gasteiger charge is 2.21. The Balaban J connectivity index is 1.08. The lowest BCUT2D eigenvalue weighted by Crippen LogP contribution is -2.00. The van der Waals surface area contributed by atoms with E-state index in [1.807, 2.05) is 40.9 Å². The Kier molecular flexibility index (Phi) is 8.87. The molecule has 0 bridgehead atoms. The zero-order valence-corrected chi connectivity index (χ0v) is 35.0. The van der Waals surface area contributed by atoms with Gasteiger partial charge in [-0.25, -0.2) is 15.0 Å². The molecule has 0 atom stereocenters. The summed E-state index contributed by atoms with van der Waals surface area (Å²) in [6.07, 6.45) is 0. The first-order valence-corrected chi connectivity index (χ1v) is 22.4. The molecule has 0 aliphatic heterocycles. The van der Waals surface area contributed by atoms with E-state index in [4.69, 9.17) is 15.0 Å². The third kappa shape index (κ3) is 6.47. The van der Waals surface area contributed by atoms with Gasteiger partial charge in [0.1, 0.15) is 0 Å². The highest BCUT2D eigenvalue weighted by molar-refractivity contribution is 7.27. The molecule has 9 aromatic carbocycles. The van der Waals surface area contributed by atoms with Crippen molar-refractivity contribution in [3.63, 3.8) is 0 Å². The molecule has 5 heteroatoms. The van der Waals surface area contributed by atoms with E-state index in [0.29, 0.717) is 17.5 Å². The molecule has 0 saturated heterocycles. The number of nitrogens with zero attached hydrogens (tertiary/aromatic N) is 3. The average Bonchev–Trinajstić information content (AvgIpc) is 3.93. The van der Waals surface area contributed by atoms with Gasteiger partial charge in [-0.2, -0.15) is 0 Å². The van der Waals surface area contributed by atoms with Gasteiger partial charge >= 0.3 is 0 Å². The number of hydrogen-bond donors (Lipinski definition) is 0. The van der Waals surface area contributed by atoms with Crippen LogP contribution >= 0.6 is 22.7 Å². The molecular weight excluding hydrogens is 791 g/mol. The largest absolute Gasteiger partial charge is 0.208 e. The molecule has 0 radical (unpaired) electrons. The van der Waals surface area contributed by atoms with Crippen molar-refractivity contribution in [3.05, 3.63) is 212 Å². The van der Waals surface area contributed by atoms with Crippen molar-refractivity contribution in [3.8, 4) is 78.7 Å². The fourth-order valence-electron chi connectivity index (χ4n) is 8.63. The number of hydrogen-bond acceptors (Lipinski definition) is 5.